The number of nitrogens with two attached hydrogens (primary N) is 1. The van der Waals surface area contributed by atoms with E-state index in [0.717, 1.165) is 29.7 Å². The molecule has 0 bridgehead atoms. The molecule has 7 nitrogen and oxygen atoms in total. The first-order chi connectivity index (χ1) is 12.6. The van der Waals surface area contributed by atoms with Crippen molar-refractivity contribution in [3.05, 3.63) is 59.7 Å². The van der Waals surface area contributed by atoms with E-state index in [-0.39, 0.29) is 11.9 Å². The van der Waals surface area contributed by atoms with E-state index in [4.69, 9.17) is 10.2 Å². The number of rotatable bonds is 3. The van der Waals surface area contributed by atoms with Crippen LogP contribution in [-0.4, -0.2) is 32.5 Å². The van der Waals surface area contributed by atoms with E-state index in [2.05, 4.69) is 15.2 Å². The first kappa shape index (κ1) is 16.3. The average Bonchev–Trinajstić information content (AvgIpc) is 3.32. The summed E-state index contributed by atoms with van der Waals surface area (Å²) >= 11 is 0. The topological polar surface area (TPSA) is 98.1 Å². The molecule has 0 saturated carbocycles. The van der Waals surface area contributed by atoms with Crippen molar-refractivity contribution in [2.24, 2.45) is 0 Å². The minimum Gasteiger partial charge on any atom is -0.443 e. The molecule has 26 heavy (non-hydrogen) atoms. The van der Waals surface area contributed by atoms with Gasteiger partial charge in [-0.3, -0.25) is 4.79 Å². The number of aryl methyl sites for hydroxylation is 1. The molecule has 1 amide bonds. The molecule has 3 aromatic rings. The van der Waals surface area contributed by atoms with Gasteiger partial charge in [0.15, 0.2) is 17.8 Å². The maximum absolute atomic E-state index is 13.2. The molecule has 2 aromatic heterocycles. The van der Waals surface area contributed by atoms with Crippen LogP contribution >= 0.6 is 0 Å². The van der Waals surface area contributed by atoms with E-state index in [1.165, 1.54) is 6.39 Å². The molecule has 0 radical (unpaired) electrons. The van der Waals surface area contributed by atoms with Crippen molar-refractivity contribution in [2.75, 3.05) is 12.3 Å². The average molecular weight is 349 g/mol. The summed E-state index contributed by atoms with van der Waals surface area (Å²) in [5.74, 6) is 0.697. The zero-order chi connectivity index (χ0) is 18.1. The highest BCUT2D eigenvalue weighted by molar-refractivity contribution is 5.98. The van der Waals surface area contributed by atoms with Gasteiger partial charge in [0.25, 0.3) is 5.91 Å². The number of benzene rings is 1. The van der Waals surface area contributed by atoms with Gasteiger partial charge >= 0.3 is 0 Å². The molecule has 2 N–H and O–H groups in total. The monoisotopic (exact) mass is 349 g/mol. The maximum Gasteiger partial charge on any atom is 0.277 e. The number of oxazole rings is 1. The van der Waals surface area contributed by atoms with Crippen LogP contribution in [0.5, 0.6) is 0 Å². The Morgan fingerprint density at radius 3 is 2.73 bits per heavy atom. The van der Waals surface area contributed by atoms with Crippen LogP contribution < -0.4 is 5.73 Å². The van der Waals surface area contributed by atoms with Gasteiger partial charge < -0.3 is 15.1 Å². The summed E-state index contributed by atoms with van der Waals surface area (Å²) in [6.07, 6.45) is 3.05. The molecule has 1 aromatic carbocycles. The second-order valence-corrected chi connectivity index (χ2v) is 6.44. The Kier molecular flexibility index (Phi) is 4.12. The van der Waals surface area contributed by atoms with Crippen molar-refractivity contribution in [3.8, 4) is 11.3 Å². The number of nitrogens with zero attached hydrogens (tertiary/aromatic N) is 4. The Balaban J connectivity index is 1.64. The highest BCUT2D eigenvalue weighted by atomic mass is 16.3. The second kappa shape index (κ2) is 6.59. The van der Waals surface area contributed by atoms with E-state index >= 15 is 0 Å². The molecule has 7 heteroatoms. The van der Waals surface area contributed by atoms with Gasteiger partial charge in [-0.2, -0.15) is 5.10 Å². The fraction of sp³-hybridized carbons (Fsp3) is 0.263. The van der Waals surface area contributed by atoms with Crippen molar-refractivity contribution in [1.82, 2.24) is 20.1 Å². The number of likely N-dealkylation sites (tertiary alicyclic amines) is 1. The summed E-state index contributed by atoms with van der Waals surface area (Å²) in [4.78, 5) is 19.1. The van der Waals surface area contributed by atoms with E-state index in [0.29, 0.717) is 23.8 Å². The van der Waals surface area contributed by atoms with Gasteiger partial charge in [0.05, 0.1) is 11.7 Å². The van der Waals surface area contributed by atoms with Crippen molar-refractivity contribution in [3.63, 3.8) is 0 Å². The highest BCUT2D eigenvalue weighted by Crippen LogP contribution is 2.33. The Bertz CT molecular complexity index is 918. The molecule has 1 fully saturated rings. The molecule has 1 saturated heterocycles. The molecule has 1 aliphatic rings. The lowest BCUT2D eigenvalue weighted by molar-refractivity contribution is 0.0727. The Labute approximate surface area is 150 Å². The molecular weight excluding hydrogens is 330 g/mol. The van der Waals surface area contributed by atoms with Gasteiger partial charge in [0.2, 0.25) is 0 Å². The fourth-order valence-corrected chi connectivity index (χ4v) is 3.29. The van der Waals surface area contributed by atoms with Crippen LogP contribution in [0.3, 0.4) is 0 Å². The first-order valence-corrected chi connectivity index (χ1v) is 8.54. The summed E-state index contributed by atoms with van der Waals surface area (Å²) < 4.78 is 5.52. The fourth-order valence-electron chi connectivity index (χ4n) is 3.29. The molecule has 0 aliphatic carbocycles. The van der Waals surface area contributed by atoms with Crippen molar-refractivity contribution in [2.45, 2.75) is 25.8 Å². The number of nitrogen functional groups attached to an aromatic ring is 1. The Hall–Kier alpha value is -3.22. The summed E-state index contributed by atoms with van der Waals surface area (Å²) in [5, 5.41) is 8.06. The highest BCUT2D eigenvalue weighted by Gasteiger charge is 2.34. The van der Waals surface area contributed by atoms with Crippen molar-refractivity contribution < 1.29 is 9.21 Å². The van der Waals surface area contributed by atoms with Crippen LogP contribution in [0.25, 0.3) is 11.3 Å². The quantitative estimate of drug-likeness (QED) is 0.780. The number of carbonyl (C=O) groups is 1. The molecule has 1 unspecified atom stereocenters. The SMILES string of the molecule is Cc1ccc(-c2ocnc2C(=O)N2CCCC2c2ccc(N)nn2)cc1. The van der Waals surface area contributed by atoms with Crippen molar-refractivity contribution >= 4 is 11.7 Å². The summed E-state index contributed by atoms with van der Waals surface area (Å²) in [5.41, 5.74) is 8.65. The largest absolute Gasteiger partial charge is 0.443 e. The number of anilines is 1. The molecule has 0 spiro atoms. The number of carbonyl (C=O) groups excluding carboxylic acids is 1. The predicted octanol–water partition coefficient (Wildman–Crippen LogP) is 3.00. The molecule has 132 valence electrons. The lowest BCUT2D eigenvalue weighted by Gasteiger charge is -2.23. The van der Waals surface area contributed by atoms with Gasteiger partial charge in [-0.1, -0.05) is 29.8 Å². The second-order valence-electron chi connectivity index (χ2n) is 6.44. The van der Waals surface area contributed by atoms with E-state index in [1.807, 2.05) is 37.3 Å². The summed E-state index contributed by atoms with van der Waals surface area (Å²) in [6.45, 7) is 2.66. The maximum atomic E-state index is 13.2. The van der Waals surface area contributed by atoms with E-state index < -0.39 is 0 Å². The van der Waals surface area contributed by atoms with Crippen LogP contribution in [0.1, 0.15) is 40.6 Å². The molecule has 3 heterocycles. The van der Waals surface area contributed by atoms with Crippen LogP contribution in [0, 0.1) is 6.92 Å². The van der Waals surface area contributed by atoms with Crippen LogP contribution in [0.15, 0.2) is 47.2 Å². The Morgan fingerprint density at radius 2 is 2.00 bits per heavy atom. The molecule has 1 atom stereocenters. The van der Waals surface area contributed by atoms with E-state index in [1.54, 1.807) is 11.0 Å². The minimum absolute atomic E-state index is 0.127. The number of hydrogen-bond acceptors (Lipinski definition) is 6. The third-order valence-corrected chi connectivity index (χ3v) is 4.64. The predicted molar refractivity (Wildman–Crippen MR) is 96.1 cm³/mol. The summed E-state index contributed by atoms with van der Waals surface area (Å²) in [6, 6.07) is 11.2. The normalized spacial score (nSPS) is 16.8. The smallest absolute Gasteiger partial charge is 0.277 e. The minimum atomic E-state index is -0.157. The molecule has 4 rings (SSSR count). The van der Waals surface area contributed by atoms with Crippen LogP contribution in [-0.2, 0) is 0 Å². The third-order valence-electron chi connectivity index (χ3n) is 4.64. The number of amides is 1. The lowest BCUT2D eigenvalue weighted by atomic mass is 10.1. The van der Waals surface area contributed by atoms with Gasteiger partial charge in [0.1, 0.15) is 5.82 Å². The number of aromatic nitrogens is 3. The van der Waals surface area contributed by atoms with Crippen molar-refractivity contribution in [1.29, 1.82) is 0 Å². The van der Waals surface area contributed by atoms with Gasteiger partial charge in [0, 0.05) is 12.1 Å². The zero-order valence-corrected chi connectivity index (χ0v) is 14.4. The van der Waals surface area contributed by atoms with Gasteiger partial charge in [-0.15, -0.1) is 5.10 Å². The third kappa shape index (κ3) is 2.92. The van der Waals surface area contributed by atoms with Crippen LogP contribution in [0.2, 0.25) is 0 Å². The Morgan fingerprint density at radius 1 is 1.19 bits per heavy atom. The standard InChI is InChI=1S/C19H19N5O2/c1-12-4-6-13(7-5-12)18-17(21-11-26-18)19(25)24-10-2-3-15(24)14-8-9-16(20)23-22-14/h4-9,11,15H,2-3,10H2,1H3,(H2,20,23). The van der Waals surface area contributed by atoms with Gasteiger partial charge in [-0.05, 0) is 31.9 Å². The van der Waals surface area contributed by atoms with E-state index in [9.17, 15) is 4.79 Å². The zero-order valence-electron chi connectivity index (χ0n) is 14.4. The number of hydrogen-bond donors (Lipinski definition) is 1. The lowest BCUT2D eigenvalue weighted by Crippen LogP contribution is -2.31. The first-order valence-electron chi connectivity index (χ1n) is 8.54. The van der Waals surface area contributed by atoms with Gasteiger partial charge in [-0.25, -0.2) is 4.98 Å². The van der Waals surface area contributed by atoms with Crippen LogP contribution in [0.4, 0.5) is 5.82 Å². The summed E-state index contributed by atoms with van der Waals surface area (Å²) in [7, 11) is 0. The molecule has 1 aliphatic heterocycles. The molecular formula is C19H19N5O2.